The summed E-state index contributed by atoms with van der Waals surface area (Å²) in [5.74, 6) is 0.975. The fourth-order valence-electron chi connectivity index (χ4n) is 1.79. The molecule has 0 aliphatic carbocycles. The van der Waals surface area contributed by atoms with Gasteiger partial charge in [-0.15, -0.1) is 24.0 Å². The molecule has 26 heavy (non-hydrogen) atoms. The van der Waals surface area contributed by atoms with Crippen molar-refractivity contribution in [2.75, 3.05) is 25.9 Å². The Morgan fingerprint density at radius 1 is 1.19 bits per heavy atom. The molecule has 0 heterocycles. The van der Waals surface area contributed by atoms with E-state index >= 15 is 0 Å². The number of sulfonamides is 1. The Bertz CT molecular complexity index is 692. The Morgan fingerprint density at radius 2 is 1.81 bits per heavy atom. The predicted octanol–water partition coefficient (Wildman–Crippen LogP) is 1.45. The molecule has 0 spiro atoms. The first-order chi connectivity index (χ1) is 11.7. The Morgan fingerprint density at radius 3 is 2.31 bits per heavy atom. The minimum Gasteiger partial charge on any atom is -0.356 e. The highest BCUT2D eigenvalue weighted by Gasteiger charge is 2.05. The van der Waals surface area contributed by atoms with Crippen molar-refractivity contribution in [3.8, 4) is 0 Å². The summed E-state index contributed by atoms with van der Waals surface area (Å²) in [6.07, 6.45) is 1.10. The quantitative estimate of drug-likeness (QED) is 0.118. The minimum absolute atomic E-state index is 0. The zero-order valence-electron chi connectivity index (χ0n) is 15.1. The van der Waals surface area contributed by atoms with Crippen LogP contribution in [0.25, 0.3) is 0 Å². The monoisotopic (exact) mass is 499 g/mol. The van der Waals surface area contributed by atoms with Crippen LogP contribution in [0.5, 0.6) is 0 Å². The van der Waals surface area contributed by atoms with Crippen LogP contribution in [0.3, 0.4) is 0 Å². The first kappa shape index (κ1) is 24.5. The summed E-state index contributed by atoms with van der Waals surface area (Å²) in [5.41, 5.74) is 0.876. The highest BCUT2D eigenvalue weighted by Crippen LogP contribution is 2.12. The van der Waals surface area contributed by atoms with Crippen molar-refractivity contribution >= 4 is 45.6 Å². The van der Waals surface area contributed by atoms with Gasteiger partial charge in [0.2, 0.25) is 10.0 Å². The topological polar surface area (TPSA) is 126 Å². The van der Waals surface area contributed by atoms with Crippen LogP contribution in [0.15, 0.2) is 29.3 Å². The molecule has 3 N–H and O–H groups in total. The highest BCUT2D eigenvalue weighted by molar-refractivity contribution is 14.0. The standard InChI is InChI=1S/C15H25N5O4S.HI/c1-12(2)10-17-15(16-8-9-19-25(3,23)24)18-11-13-4-6-14(7-5-13)20(21)22;/h4-7,12,19H,8-11H2,1-3H3,(H2,16,17,18);1H. The fourth-order valence-corrected chi connectivity index (χ4v) is 2.26. The largest absolute Gasteiger partial charge is 0.356 e. The van der Waals surface area contributed by atoms with E-state index in [0.29, 0.717) is 31.5 Å². The average Bonchev–Trinajstić information content (AvgIpc) is 2.52. The molecular weight excluding hydrogens is 473 g/mol. The lowest BCUT2D eigenvalue weighted by atomic mass is 10.2. The lowest BCUT2D eigenvalue weighted by Crippen LogP contribution is -2.42. The Labute approximate surface area is 171 Å². The molecule has 1 rings (SSSR count). The van der Waals surface area contributed by atoms with Crippen LogP contribution >= 0.6 is 24.0 Å². The van der Waals surface area contributed by atoms with Crippen molar-refractivity contribution in [1.82, 2.24) is 15.4 Å². The molecule has 9 nitrogen and oxygen atoms in total. The lowest BCUT2D eigenvalue weighted by Gasteiger charge is -2.14. The number of rotatable bonds is 9. The predicted molar refractivity (Wildman–Crippen MR) is 113 cm³/mol. The van der Waals surface area contributed by atoms with Gasteiger partial charge in [-0.2, -0.15) is 0 Å². The van der Waals surface area contributed by atoms with Crippen LogP contribution in [0.4, 0.5) is 5.69 Å². The van der Waals surface area contributed by atoms with Gasteiger partial charge in [0, 0.05) is 31.8 Å². The Balaban J connectivity index is 0.00000625. The van der Waals surface area contributed by atoms with Crippen molar-refractivity contribution in [3.63, 3.8) is 0 Å². The molecule has 0 radical (unpaired) electrons. The summed E-state index contributed by atoms with van der Waals surface area (Å²) in [7, 11) is -3.22. The molecule has 0 amide bonds. The molecule has 0 unspecified atom stereocenters. The van der Waals surface area contributed by atoms with Gasteiger partial charge in [-0.25, -0.2) is 18.1 Å². The Hall–Kier alpha value is -1.47. The van der Waals surface area contributed by atoms with Crippen LogP contribution in [0.1, 0.15) is 19.4 Å². The first-order valence-electron chi connectivity index (χ1n) is 7.87. The molecule has 0 saturated heterocycles. The maximum atomic E-state index is 11.0. The van der Waals surface area contributed by atoms with Gasteiger partial charge in [0.05, 0.1) is 17.7 Å². The van der Waals surface area contributed by atoms with E-state index < -0.39 is 14.9 Å². The van der Waals surface area contributed by atoms with Gasteiger partial charge in [-0.3, -0.25) is 10.1 Å². The highest BCUT2D eigenvalue weighted by atomic mass is 127. The van der Waals surface area contributed by atoms with Crippen LogP contribution < -0.4 is 15.4 Å². The molecule has 0 bridgehead atoms. The van der Waals surface area contributed by atoms with E-state index in [0.717, 1.165) is 11.8 Å². The average molecular weight is 499 g/mol. The summed E-state index contributed by atoms with van der Waals surface area (Å²) in [4.78, 5) is 14.6. The second kappa shape index (κ2) is 12.0. The Kier molecular flexibility index (Phi) is 11.3. The van der Waals surface area contributed by atoms with Gasteiger partial charge in [-0.05, 0) is 11.5 Å². The third kappa shape index (κ3) is 11.2. The summed E-state index contributed by atoms with van der Waals surface area (Å²) in [6.45, 7) is 5.82. The van der Waals surface area contributed by atoms with E-state index in [2.05, 4.69) is 34.2 Å². The first-order valence-corrected chi connectivity index (χ1v) is 9.76. The van der Waals surface area contributed by atoms with Crippen molar-refractivity contribution in [2.45, 2.75) is 20.4 Å². The number of non-ortho nitro benzene ring substituents is 1. The van der Waals surface area contributed by atoms with Gasteiger partial charge in [0.1, 0.15) is 0 Å². The van der Waals surface area contributed by atoms with Crippen LogP contribution in [0, 0.1) is 16.0 Å². The molecule has 0 aliphatic rings. The van der Waals surface area contributed by atoms with Gasteiger partial charge in [0.25, 0.3) is 5.69 Å². The number of nitrogens with zero attached hydrogens (tertiary/aromatic N) is 2. The number of nitro benzene ring substituents is 1. The van der Waals surface area contributed by atoms with E-state index in [1.807, 2.05) is 0 Å². The third-order valence-corrected chi connectivity index (χ3v) is 3.75. The lowest BCUT2D eigenvalue weighted by molar-refractivity contribution is -0.384. The molecule has 0 saturated carbocycles. The number of guanidine groups is 1. The molecule has 0 fully saturated rings. The molecule has 0 atom stereocenters. The van der Waals surface area contributed by atoms with Crippen LogP contribution in [-0.2, 0) is 16.6 Å². The number of nitrogens with one attached hydrogen (secondary N) is 3. The second-order valence-corrected chi connectivity index (χ2v) is 7.79. The fraction of sp³-hybridized carbons (Fsp3) is 0.533. The number of aliphatic imine (C=N–C) groups is 1. The molecule has 148 valence electrons. The van der Waals surface area contributed by atoms with Crippen LogP contribution in [-0.4, -0.2) is 45.2 Å². The molecule has 1 aromatic carbocycles. The molecule has 0 aliphatic heterocycles. The van der Waals surface area contributed by atoms with E-state index in [-0.39, 0.29) is 36.2 Å². The molecule has 11 heteroatoms. The van der Waals surface area contributed by atoms with Crippen molar-refractivity contribution in [3.05, 3.63) is 39.9 Å². The minimum atomic E-state index is -3.22. The summed E-state index contributed by atoms with van der Waals surface area (Å²) in [6, 6.07) is 6.20. The number of hydrogen-bond acceptors (Lipinski definition) is 5. The summed E-state index contributed by atoms with van der Waals surface area (Å²) in [5, 5.41) is 16.9. The number of benzene rings is 1. The third-order valence-electron chi connectivity index (χ3n) is 3.03. The molecule has 0 aromatic heterocycles. The van der Waals surface area contributed by atoms with Gasteiger partial charge in [0.15, 0.2) is 5.96 Å². The van der Waals surface area contributed by atoms with Gasteiger partial charge in [-0.1, -0.05) is 26.0 Å². The van der Waals surface area contributed by atoms with E-state index in [1.165, 1.54) is 12.1 Å². The zero-order valence-corrected chi connectivity index (χ0v) is 18.2. The van der Waals surface area contributed by atoms with Gasteiger partial charge >= 0.3 is 0 Å². The molecule has 1 aromatic rings. The van der Waals surface area contributed by atoms with Crippen LogP contribution in [0.2, 0.25) is 0 Å². The number of nitro groups is 1. The molecular formula is C15H26IN5O4S. The van der Waals surface area contributed by atoms with E-state index in [4.69, 9.17) is 0 Å². The number of hydrogen-bond donors (Lipinski definition) is 3. The van der Waals surface area contributed by atoms with Crippen molar-refractivity contribution < 1.29 is 13.3 Å². The second-order valence-electron chi connectivity index (χ2n) is 5.96. The summed E-state index contributed by atoms with van der Waals surface area (Å²) >= 11 is 0. The zero-order chi connectivity index (χ0) is 18.9. The maximum Gasteiger partial charge on any atom is 0.269 e. The van der Waals surface area contributed by atoms with E-state index in [1.54, 1.807) is 12.1 Å². The van der Waals surface area contributed by atoms with Crippen molar-refractivity contribution in [2.24, 2.45) is 10.9 Å². The smallest absolute Gasteiger partial charge is 0.269 e. The normalized spacial score (nSPS) is 11.8. The summed E-state index contributed by atoms with van der Waals surface area (Å²) < 4.78 is 24.5. The van der Waals surface area contributed by atoms with Crippen molar-refractivity contribution in [1.29, 1.82) is 0 Å². The number of halogens is 1. The SMILES string of the molecule is CC(C)CNC(=NCc1ccc([N+](=O)[O-])cc1)NCCNS(C)(=O)=O.I. The van der Waals surface area contributed by atoms with E-state index in [9.17, 15) is 18.5 Å². The van der Waals surface area contributed by atoms with Gasteiger partial charge < -0.3 is 10.6 Å². The maximum absolute atomic E-state index is 11.0.